The highest BCUT2D eigenvalue weighted by Gasteiger charge is 2.30. The van der Waals surface area contributed by atoms with E-state index in [4.69, 9.17) is 9.47 Å². The highest BCUT2D eigenvalue weighted by Crippen LogP contribution is 2.34. The van der Waals surface area contributed by atoms with Gasteiger partial charge in [0.05, 0.1) is 11.6 Å². The van der Waals surface area contributed by atoms with Crippen LogP contribution in [0, 0.1) is 13.8 Å². The molecule has 0 fully saturated rings. The maximum absolute atomic E-state index is 12.7. The highest BCUT2D eigenvalue weighted by atomic mass is 19.4. The Morgan fingerprint density at radius 2 is 1.92 bits per heavy atom. The van der Waals surface area contributed by atoms with E-state index in [9.17, 15) is 18.0 Å². The molecule has 26 heavy (non-hydrogen) atoms. The Balaban J connectivity index is 1.77. The maximum atomic E-state index is 12.7. The van der Waals surface area contributed by atoms with Gasteiger partial charge in [-0.3, -0.25) is 4.79 Å². The van der Waals surface area contributed by atoms with Crippen LogP contribution in [-0.2, 0) is 6.54 Å². The summed E-state index contributed by atoms with van der Waals surface area (Å²) in [5.74, 6) is 0.826. The van der Waals surface area contributed by atoms with Crippen LogP contribution in [0.2, 0.25) is 0 Å². The molecule has 0 aliphatic carbocycles. The van der Waals surface area contributed by atoms with Crippen molar-refractivity contribution < 1.29 is 27.4 Å². The van der Waals surface area contributed by atoms with Crippen molar-refractivity contribution in [1.29, 1.82) is 0 Å². The van der Waals surface area contributed by atoms with E-state index in [1.165, 1.54) is 13.0 Å². The first-order valence-corrected chi connectivity index (χ1v) is 8.09. The van der Waals surface area contributed by atoms with Gasteiger partial charge < -0.3 is 19.4 Å². The molecule has 5 nitrogen and oxygen atoms in total. The number of fused-ring (bicyclic) bond motifs is 1. The average molecular weight is 368 g/mol. The summed E-state index contributed by atoms with van der Waals surface area (Å²) in [7, 11) is 0. The van der Waals surface area contributed by atoms with E-state index in [0.717, 1.165) is 10.1 Å². The van der Waals surface area contributed by atoms with Gasteiger partial charge in [-0.2, -0.15) is 13.2 Å². The van der Waals surface area contributed by atoms with Crippen LogP contribution in [0.15, 0.2) is 24.3 Å². The first-order chi connectivity index (χ1) is 12.2. The fraction of sp³-hybridized carbons (Fsp3) is 0.389. The van der Waals surface area contributed by atoms with Gasteiger partial charge in [0.25, 0.3) is 5.91 Å². The van der Waals surface area contributed by atoms with Crippen molar-refractivity contribution in [1.82, 2.24) is 9.88 Å². The molecule has 0 saturated carbocycles. The minimum atomic E-state index is -4.35. The van der Waals surface area contributed by atoms with E-state index in [2.05, 4.69) is 5.32 Å². The third-order valence-corrected chi connectivity index (χ3v) is 4.40. The van der Waals surface area contributed by atoms with Gasteiger partial charge in [0.15, 0.2) is 11.5 Å². The quantitative estimate of drug-likeness (QED) is 0.891. The molecule has 1 atom stereocenters. The Labute approximate surface area is 148 Å². The second kappa shape index (κ2) is 6.59. The predicted octanol–water partition coefficient (Wildman–Crippen LogP) is 3.89. The maximum Gasteiger partial charge on any atom is 0.406 e. The molecule has 1 unspecified atom stereocenters. The Kier molecular flexibility index (Phi) is 4.60. The summed E-state index contributed by atoms with van der Waals surface area (Å²) in [6.45, 7) is 3.90. The number of nitrogens with zero attached hydrogens (tertiary/aromatic N) is 1. The summed E-state index contributed by atoms with van der Waals surface area (Å²) in [6.07, 6.45) is -4.35. The molecule has 1 aromatic carbocycles. The van der Waals surface area contributed by atoms with Gasteiger partial charge in [-0.25, -0.2) is 0 Å². The van der Waals surface area contributed by atoms with Gasteiger partial charge in [-0.1, -0.05) is 6.07 Å². The average Bonchev–Trinajstić information content (AvgIpc) is 3.12. The Morgan fingerprint density at radius 3 is 2.62 bits per heavy atom. The number of halogens is 3. The standard InChI is InChI=1S/C18H19F3N2O3/c1-10-6-14(12(3)23(10)8-18(19,20)21)17(24)22-11(2)13-4-5-15-16(7-13)26-9-25-15/h4-7,11H,8-9H2,1-3H3,(H,22,24). The fourth-order valence-electron chi connectivity index (χ4n) is 2.99. The van der Waals surface area contributed by atoms with Gasteiger partial charge >= 0.3 is 6.18 Å². The van der Waals surface area contributed by atoms with Gasteiger partial charge in [-0.05, 0) is 44.5 Å². The highest BCUT2D eigenvalue weighted by molar-refractivity contribution is 5.96. The molecule has 1 aliphatic rings. The van der Waals surface area contributed by atoms with E-state index in [1.54, 1.807) is 26.0 Å². The Bertz CT molecular complexity index is 843. The lowest BCUT2D eigenvalue weighted by atomic mass is 10.1. The van der Waals surface area contributed by atoms with E-state index in [0.29, 0.717) is 17.2 Å². The summed E-state index contributed by atoms with van der Waals surface area (Å²) < 4.78 is 49.8. The molecule has 2 aromatic rings. The number of benzene rings is 1. The first-order valence-electron chi connectivity index (χ1n) is 8.09. The number of amides is 1. The number of carbonyl (C=O) groups excluding carboxylic acids is 1. The van der Waals surface area contributed by atoms with E-state index in [1.807, 2.05) is 6.07 Å². The predicted molar refractivity (Wildman–Crippen MR) is 88.4 cm³/mol. The number of hydrogen-bond donors (Lipinski definition) is 1. The summed E-state index contributed by atoms with van der Waals surface area (Å²) in [6, 6.07) is 6.48. The zero-order valence-corrected chi connectivity index (χ0v) is 14.6. The topological polar surface area (TPSA) is 52.5 Å². The number of rotatable bonds is 4. The molecule has 1 aromatic heterocycles. The minimum Gasteiger partial charge on any atom is -0.454 e. The van der Waals surface area contributed by atoms with Crippen molar-refractivity contribution in [3.8, 4) is 11.5 Å². The lowest BCUT2D eigenvalue weighted by Gasteiger charge is -2.15. The normalized spacial score (nSPS) is 14.4. The number of ether oxygens (including phenoxy) is 2. The van der Waals surface area contributed by atoms with Crippen LogP contribution < -0.4 is 14.8 Å². The lowest BCUT2D eigenvalue weighted by molar-refractivity contribution is -0.141. The molecule has 1 aliphatic heterocycles. The number of aromatic nitrogens is 1. The van der Waals surface area contributed by atoms with Crippen LogP contribution >= 0.6 is 0 Å². The zero-order chi connectivity index (χ0) is 19.1. The number of nitrogens with one attached hydrogen (secondary N) is 1. The van der Waals surface area contributed by atoms with Crippen molar-refractivity contribution >= 4 is 5.91 Å². The molecule has 0 radical (unpaired) electrons. The number of hydrogen-bond acceptors (Lipinski definition) is 3. The monoisotopic (exact) mass is 368 g/mol. The first kappa shape index (κ1) is 18.2. The fourth-order valence-corrected chi connectivity index (χ4v) is 2.99. The van der Waals surface area contributed by atoms with Crippen LogP contribution in [0.1, 0.15) is 40.3 Å². The molecule has 0 bridgehead atoms. The van der Waals surface area contributed by atoms with Crippen LogP contribution in [-0.4, -0.2) is 23.4 Å². The van der Waals surface area contributed by atoms with Crippen molar-refractivity contribution in [2.24, 2.45) is 0 Å². The van der Waals surface area contributed by atoms with Gasteiger partial charge in [0, 0.05) is 11.4 Å². The van der Waals surface area contributed by atoms with E-state index < -0.39 is 18.6 Å². The molecule has 1 N–H and O–H groups in total. The Hall–Kier alpha value is -2.64. The van der Waals surface area contributed by atoms with Gasteiger partial charge in [0.2, 0.25) is 6.79 Å². The van der Waals surface area contributed by atoms with Crippen molar-refractivity contribution in [3.63, 3.8) is 0 Å². The smallest absolute Gasteiger partial charge is 0.406 e. The molecule has 2 heterocycles. The van der Waals surface area contributed by atoms with Crippen LogP contribution in [0.3, 0.4) is 0 Å². The number of alkyl halides is 3. The van der Waals surface area contributed by atoms with Crippen molar-refractivity contribution in [2.75, 3.05) is 6.79 Å². The molecular weight excluding hydrogens is 349 g/mol. The second-order valence-electron chi connectivity index (χ2n) is 6.29. The van der Waals surface area contributed by atoms with Gasteiger partial charge in [0.1, 0.15) is 6.54 Å². The van der Waals surface area contributed by atoms with E-state index in [-0.39, 0.29) is 24.1 Å². The molecular formula is C18H19F3N2O3. The van der Waals surface area contributed by atoms with Gasteiger partial charge in [-0.15, -0.1) is 0 Å². The third kappa shape index (κ3) is 3.63. The molecule has 0 saturated heterocycles. The van der Waals surface area contributed by atoms with E-state index >= 15 is 0 Å². The molecule has 8 heteroatoms. The van der Waals surface area contributed by atoms with Crippen LogP contribution in [0.25, 0.3) is 0 Å². The minimum absolute atomic E-state index is 0.157. The molecule has 3 rings (SSSR count). The third-order valence-electron chi connectivity index (χ3n) is 4.40. The summed E-state index contributed by atoms with van der Waals surface area (Å²) >= 11 is 0. The number of carbonyl (C=O) groups is 1. The van der Waals surface area contributed by atoms with Crippen molar-refractivity contribution in [3.05, 3.63) is 46.8 Å². The zero-order valence-electron chi connectivity index (χ0n) is 14.6. The molecule has 140 valence electrons. The summed E-state index contributed by atoms with van der Waals surface area (Å²) in [5.41, 5.74) is 1.72. The molecule has 1 amide bonds. The summed E-state index contributed by atoms with van der Waals surface area (Å²) in [4.78, 5) is 12.6. The van der Waals surface area contributed by atoms with Crippen LogP contribution in [0.5, 0.6) is 11.5 Å². The SMILES string of the molecule is Cc1cc(C(=O)NC(C)c2ccc3c(c2)OCO3)c(C)n1CC(F)(F)F. The Morgan fingerprint density at radius 1 is 1.23 bits per heavy atom. The largest absolute Gasteiger partial charge is 0.454 e. The lowest BCUT2D eigenvalue weighted by Crippen LogP contribution is -2.27. The number of aryl methyl sites for hydroxylation is 1. The van der Waals surface area contributed by atoms with Crippen molar-refractivity contribution in [2.45, 2.75) is 39.5 Å². The molecule has 0 spiro atoms. The summed E-state index contributed by atoms with van der Waals surface area (Å²) in [5, 5.41) is 2.82. The second-order valence-corrected chi connectivity index (χ2v) is 6.29. The van der Waals surface area contributed by atoms with Crippen LogP contribution in [0.4, 0.5) is 13.2 Å².